The maximum atomic E-state index is 13.9. The van der Waals surface area contributed by atoms with Gasteiger partial charge in [0.15, 0.2) is 6.61 Å². The van der Waals surface area contributed by atoms with Crippen LogP contribution in [0.3, 0.4) is 0 Å². The van der Waals surface area contributed by atoms with Crippen molar-refractivity contribution in [2.75, 3.05) is 39.8 Å². The molecule has 10 heteroatoms. The molecule has 1 aliphatic carbocycles. The van der Waals surface area contributed by atoms with Crippen LogP contribution in [-0.2, 0) is 14.4 Å². The first kappa shape index (κ1) is 30.8. The summed E-state index contributed by atoms with van der Waals surface area (Å²) in [5.41, 5.74) is 0.107. The lowest BCUT2D eigenvalue weighted by Crippen LogP contribution is -2.58. The van der Waals surface area contributed by atoms with Crippen molar-refractivity contribution >= 4 is 23.6 Å². The normalized spacial score (nSPS) is 22.8. The fourth-order valence-corrected chi connectivity index (χ4v) is 5.82. The third-order valence-electron chi connectivity index (χ3n) is 8.62. The lowest BCUT2D eigenvalue weighted by molar-refractivity contribution is -0.146. The molecule has 41 heavy (non-hydrogen) atoms. The largest absolute Gasteiger partial charge is 0.483 e. The van der Waals surface area contributed by atoms with E-state index in [1.165, 1.54) is 0 Å². The maximum absolute atomic E-state index is 13.9. The maximum Gasteiger partial charge on any atom is 0.258 e. The van der Waals surface area contributed by atoms with Crippen LogP contribution in [0.2, 0.25) is 0 Å². The van der Waals surface area contributed by atoms with E-state index in [0.717, 1.165) is 32.2 Å². The summed E-state index contributed by atoms with van der Waals surface area (Å²) in [6.45, 7) is 10.6. The number of carbonyl (C=O) groups is 4. The summed E-state index contributed by atoms with van der Waals surface area (Å²) in [7, 11) is 2.09. The standard InChI is InChI=1S/C31H47N5O5/c1-6-22-19-35(17-16-34(22)5)30(40)25-11-9-15-36(25)29(39)24(18-21(2)3)32-28(38)23-10-7-8-12-26(23)41-20-27(37)33-31(4)13-14-31/h7-8,10,12,21-22,24-25H,6,9,11,13-20H2,1-5H3,(H,32,38)(H,33,37)/t22-,24+,25+/m0/s1. The van der Waals surface area contributed by atoms with Crippen LogP contribution >= 0.6 is 0 Å². The Bertz CT molecular complexity index is 1120. The summed E-state index contributed by atoms with van der Waals surface area (Å²) in [6.07, 6.45) is 4.69. The molecule has 1 aromatic carbocycles. The predicted molar refractivity (Wildman–Crippen MR) is 156 cm³/mol. The number of benzene rings is 1. The zero-order valence-electron chi connectivity index (χ0n) is 25.3. The summed E-state index contributed by atoms with van der Waals surface area (Å²) in [5.74, 6) is -0.465. The average Bonchev–Trinajstić information content (AvgIpc) is 3.46. The highest BCUT2D eigenvalue weighted by atomic mass is 16.5. The van der Waals surface area contributed by atoms with Crippen LogP contribution in [0.25, 0.3) is 0 Å². The van der Waals surface area contributed by atoms with Crippen molar-refractivity contribution < 1.29 is 23.9 Å². The average molecular weight is 570 g/mol. The minimum atomic E-state index is -0.780. The molecule has 2 N–H and O–H groups in total. The summed E-state index contributed by atoms with van der Waals surface area (Å²) >= 11 is 0. The molecule has 3 aliphatic rings. The molecule has 0 spiro atoms. The van der Waals surface area contributed by atoms with E-state index < -0.39 is 18.0 Å². The first-order valence-electron chi connectivity index (χ1n) is 15.1. The van der Waals surface area contributed by atoms with E-state index >= 15 is 0 Å². The highest BCUT2D eigenvalue weighted by Gasteiger charge is 2.41. The SMILES string of the molecule is CC[C@H]1CN(C(=O)[C@H]2CCCN2C(=O)[C@@H](CC(C)C)NC(=O)c2ccccc2OCC(=O)NC2(C)CC2)CCN1C. The Balaban J connectivity index is 1.43. The van der Waals surface area contributed by atoms with E-state index in [9.17, 15) is 19.2 Å². The number of hydrogen-bond acceptors (Lipinski definition) is 6. The highest BCUT2D eigenvalue weighted by molar-refractivity contribution is 6.00. The third-order valence-corrected chi connectivity index (χ3v) is 8.62. The molecule has 3 atom stereocenters. The third kappa shape index (κ3) is 7.78. The number of nitrogens with zero attached hydrogens (tertiary/aromatic N) is 3. The van der Waals surface area contributed by atoms with Crippen LogP contribution in [-0.4, -0.2) is 102 Å². The first-order valence-corrected chi connectivity index (χ1v) is 15.1. The molecule has 0 bridgehead atoms. The van der Waals surface area contributed by atoms with Gasteiger partial charge in [0.25, 0.3) is 11.8 Å². The van der Waals surface area contributed by atoms with Crippen molar-refractivity contribution in [3.63, 3.8) is 0 Å². The quantitative estimate of drug-likeness (QED) is 0.424. The van der Waals surface area contributed by atoms with Crippen LogP contribution in [0, 0.1) is 5.92 Å². The molecule has 0 radical (unpaired) electrons. The van der Waals surface area contributed by atoms with E-state index in [1.54, 1.807) is 29.2 Å². The Kier molecular flexibility index (Phi) is 9.94. The number of piperazine rings is 1. The second-order valence-corrected chi connectivity index (χ2v) is 12.6. The van der Waals surface area contributed by atoms with Gasteiger partial charge in [-0.15, -0.1) is 0 Å². The number of nitrogens with one attached hydrogen (secondary N) is 2. The minimum absolute atomic E-state index is 0.00843. The van der Waals surface area contributed by atoms with Gasteiger partial charge in [0.05, 0.1) is 5.56 Å². The van der Waals surface area contributed by atoms with E-state index in [0.29, 0.717) is 38.5 Å². The van der Waals surface area contributed by atoms with Gasteiger partial charge in [0.2, 0.25) is 11.8 Å². The van der Waals surface area contributed by atoms with Crippen molar-refractivity contribution in [3.05, 3.63) is 29.8 Å². The zero-order valence-corrected chi connectivity index (χ0v) is 25.3. The van der Waals surface area contributed by atoms with Gasteiger partial charge >= 0.3 is 0 Å². The Morgan fingerprint density at radius 1 is 1.10 bits per heavy atom. The molecular weight excluding hydrogens is 522 g/mol. The molecule has 226 valence electrons. The van der Waals surface area contributed by atoms with Crippen LogP contribution < -0.4 is 15.4 Å². The summed E-state index contributed by atoms with van der Waals surface area (Å²) in [6, 6.07) is 5.77. The number of ether oxygens (including phenoxy) is 1. The Morgan fingerprint density at radius 2 is 1.83 bits per heavy atom. The van der Waals surface area contributed by atoms with Crippen molar-refractivity contribution in [1.82, 2.24) is 25.3 Å². The Hall–Kier alpha value is -3.14. The highest BCUT2D eigenvalue weighted by Crippen LogP contribution is 2.34. The van der Waals surface area contributed by atoms with E-state index in [-0.39, 0.29) is 47.1 Å². The number of likely N-dealkylation sites (tertiary alicyclic amines) is 1. The van der Waals surface area contributed by atoms with Gasteiger partial charge in [0.1, 0.15) is 17.8 Å². The monoisotopic (exact) mass is 569 g/mol. The minimum Gasteiger partial charge on any atom is -0.483 e. The fourth-order valence-electron chi connectivity index (χ4n) is 5.82. The fraction of sp³-hybridized carbons (Fsp3) is 0.677. The molecule has 1 saturated carbocycles. The molecule has 2 aliphatic heterocycles. The van der Waals surface area contributed by atoms with Crippen molar-refractivity contribution in [1.29, 1.82) is 0 Å². The van der Waals surface area contributed by atoms with Crippen molar-refractivity contribution in [2.45, 2.75) is 89.9 Å². The molecular formula is C31H47N5O5. The molecule has 2 saturated heterocycles. The number of rotatable bonds is 11. The predicted octanol–water partition coefficient (Wildman–Crippen LogP) is 2.42. The lowest BCUT2D eigenvalue weighted by Gasteiger charge is -2.41. The van der Waals surface area contributed by atoms with E-state index in [4.69, 9.17) is 4.74 Å². The van der Waals surface area contributed by atoms with Crippen molar-refractivity contribution in [3.8, 4) is 5.75 Å². The number of carbonyl (C=O) groups excluding carboxylic acids is 4. The molecule has 3 fully saturated rings. The topological polar surface area (TPSA) is 111 Å². The van der Waals surface area contributed by atoms with Crippen LogP contribution in [0.1, 0.15) is 76.6 Å². The second kappa shape index (κ2) is 13.2. The van der Waals surface area contributed by atoms with E-state index in [1.807, 2.05) is 25.7 Å². The summed E-state index contributed by atoms with van der Waals surface area (Å²) in [4.78, 5) is 59.2. The molecule has 2 heterocycles. The van der Waals surface area contributed by atoms with Gasteiger partial charge in [-0.05, 0) is 70.5 Å². The van der Waals surface area contributed by atoms with Gasteiger partial charge in [-0.3, -0.25) is 24.1 Å². The van der Waals surface area contributed by atoms with Crippen molar-refractivity contribution in [2.24, 2.45) is 5.92 Å². The van der Waals surface area contributed by atoms with Gasteiger partial charge in [-0.1, -0.05) is 32.9 Å². The first-order chi connectivity index (χ1) is 19.5. The lowest BCUT2D eigenvalue weighted by atomic mass is 10.0. The molecule has 4 rings (SSSR count). The number of hydrogen-bond donors (Lipinski definition) is 2. The van der Waals surface area contributed by atoms with Crippen LogP contribution in [0.15, 0.2) is 24.3 Å². The Morgan fingerprint density at radius 3 is 2.51 bits per heavy atom. The van der Waals surface area contributed by atoms with Gasteiger partial charge in [0, 0.05) is 37.8 Å². The number of likely N-dealkylation sites (N-methyl/N-ethyl adjacent to an activating group) is 1. The number of para-hydroxylation sites is 1. The molecule has 4 amide bonds. The molecule has 0 aromatic heterocycles. The van der Waals surface area contributed by atoms with Crippen LogP contribution in [0.4, 0.5) is 0 Å². The summed E-state index contributed by atoms with van der Waals surface area (Å²) in [5, 5.41) is 5.88. The molecule has 10 nitrogen and oxygen atoms in total. The smallest absolute Gasteiger partial charge is 0.258 e. The van der Waals surface area contributed by atoms with E-state index in [2.05, 4.69) is 29.5 Å². The summed E-state index contributed by atoms with van der Waals surface area (Å²) < 4.78 is 5.74. The Labute approximate surface area is 244 Å². The van der Waals surface area contributed by atoms with Gasteiger partial charge < -0.3 is 25.2 Å². The molecule has 1 aromatic rings. The van der Waals surface area contributed by atoms with Gasteiger partial charge in [-0.25, -0.2) is 0 Å². The number of amides is 4. The second-order valence-electron chi connectivity index (χ2n) is 12.6. The zero-order chi connectivity index (χ0) is 29.7. The van der Waals surface area contributed by atoms with Crippen LogP contribution in [0.5, 0.6) is 5.75 Å². The molecule has 0 unspecified atom stereocenters. The van der Waals surface area contributed by atoms with Gasteiger partial charge in [-0.2, -0.15) is 0 Å².